The number of nitrogens with zero attached hydrogens (tertiary/aromatic N) is 4. The van der Waals surface area contributed by atoms with Gasteiger partial charge in [-0.15, -0.1) is 0 Å². The van der Waals surface area contributed by atoms with Crippen LogP contribution in [0.25, 0.3) is 22.4 Å². The Hall–Kier alpha value is -4.75. The molecule has 2 aromatic carbocycles. The van der Waals surface area contributed by atoms with Crippen LogP contribution in [0.4, 0.5) is 0 Å². The first-order chi connectivity index (χ1) is 18.9. The van der Waals surface area contributed by atoms with Gasteiger partial charge in [0.2, 0.25) is 11.7 Å². The van der Waals surface area contributed by atoms with Gasteiger partial charge in [-0.3, -0.25) is 14.7 Å². The predicted octanol–water partition coefficient (Wildman–Crippen LogP) is 2.31. The summed E-state index contributed by atoms with van der Waals surface area (Å²) in [7, 11) is 0.603. The van der Waals surface area contributed by atoms with Crippen molar-refractivity contribution in [3.63, 3.8) is 0 Å². The predicted molar refractivity (Wildman–Crippen MR) is 143 cm³/mol. The maximum atomic E-state index is 13.3. The quantitative estimate of drug-likeness (QED) is 0.230. The summed E-state index contributed by atoms with van der Waals surface area (Å²) in [6.07, 6.45) is 1.53. The lowest BCUT2D eigenvalue weighted by Crippen LogP contribution is -2.48. The third kappa shape index (κ3) is 5.89. The van der Waals surface area contributed by atoms with E-state index in [4.69, 9.17) is 14.0 Å². The fraction of sp³-hybridized carbons (Fsp3) is 0.192. The third-order valence-corrected chi connectivity index (χ3v) is 5.94. The number of pyridine rings is 1. The molecule has 1 atom stereocenters. The van der Waals surface area contributed by atoms with Gasteiger partial charge in [-0.05, 0) is 48.8 Å². The summed E-state index contributed by atoms with van der Waals surface area (Å²) in [5.74, 6) is 1.23. The lowest BCUT2D eigenvalue weighted by atomic mass is 9.86. The Bertz CT molecular complexity index is 1630. The molecule has 0 aliphatic heterocycles. The third-order valence-electron chi connectivity index (χ3n) is 5.94. The molecule has 39 heavy (non-hydrogen) atoms. The molecule has 0 fully saturated rings. The molecular weight excluding hydrogens is 503 g/mol. The summed E-state index contributed by atoms with van der Waals surface area (Å²) in [5, 5.41) is 19.6. The highest BCUT2D eigenvalue weighted by molar-refractivity contribution is 6.46. The van der Waals surface area contributed by atoms with Gasteiger partial charge < -0.3 is 24.2 Å². The highest BCUT2D eigenvalue weighted by Crippen LogP contribution is 2.19. The molecule has 0 spiro atoms. The fourth-order valence-corrected chi connectivity index (χ4v) is 4.02. The van der Waals surface area contributed by atoms with Crippen LogP contribution < -0.4 is 20.3 Å². The van der Waals surface area contributed by atoms with E-state index in [0.29, 0.717) is 29.0 Å². The number of benzene rings is 2. The van der Waals surface area contributed by atoms with E-state index < -0.39 is 24.6 Å². The Morgan fingerprint density at radius 3 is 2.64 bits per heavy atom. The standard InChI is InChI=1S/C26H25BN6O6/c1-27(36)30-21(26(35)33-22-6-4-3-5-19(22)25(34)31-33)13-23-29-24(32-39-23)20-12-11-18(14-28-20)38-15-16-7-9-17(37-2)10-8-16/h3-12,14,21,30,36H,13,15H2,1-2H3,(H,31,34). The second-order valence-corrected chi connectivity index (χ2v) is 8.76. The number of nitrogens with one attached hydrogen (secondary N) is 2. The first-order valence-electron chi connectivity index (χ1n) is 12.1. The number of H-pyrrole nitrogens is 1. The van der Waals surface area contributed by atoms with E-state index in [1.807, 2.05) is 24.3 Å². The minimum absolute atomic E-state index is 0.0334. The summed E-state index contributed by atoms with van der Waals surface area (Å²) in [5.41, 5.74) is 1.47. The summed E-state index contributed by atoms with van der Waals surface area (Å²) < 4.78 is 17.5. The normalized spacial score (nSPS) is 11.9. The van der Waals surface area contributed by atoms with Gasteiger partial charge in [0.1, 0.15) is 23.8 Å². The van der Waals surface area contributed by atoms with Crippen LogP contribution in [-0.2, 0) is 13.0 Å². The molecule has 0 amide bonds. The van der Waals surface area contributed by atoms with E-state index in [2.05, 4.69) is 25.5 Å². The smallest absolute Gasteiger partial charge is 0.374 e. The summed E-state index contributed by atoms with van der Waals surface area (Å²) in [6.45, 7) is 1.85. The number of rotatable bonds is 10. The first-order valence-corrected chi connectivity index (χ1v) is 12.1. The average Bonchev–Trinajstić information content (AvgIpc) is 3.56. The molecular formula is C26H25BN6O6. The summed E-state index contributed by atoms with van der Waals surface area (Å²) in [6, 6.07) is 16.8. The van der Waals surface area contributed by atoms with Crippen molar-refractivity contribution in [2.75, 3.05) is 7.11 Å². The molecule has 0 saturated heterocycles. The number of carbonyl (C=O) groups is 1. The SMILES string of the molecule is COc1ccc(COc2ccc(-c3noc(CC(NB(C)O)C(=O)n4[nH]c(=O)c5ccccc54)n3)nc2)cc1. The van der Waals surface area contributed by atoms with Gasteiger partial charge in [0.15, 0.2) is 0 Å². The molecule has 0 radical (unpaired) electrons. The van der Waals surface area contributed by atoms with Gasteiger partial charge in [-0.1, -0.05) is 29.4 Å². The highest BCUT2D eigenvalue weighted by Gasteiger charge is 2.27. The van der Waals surface area contributed by atoms with Gasteiger partial charge in [0, 0.05) is 0 Å². The first kappa shape index (κ1) is 25.9. The van der Waals surface area contributed by atoms with Gasteiger partial charge >= 0.3 is 7.05 Å². The number of aromatic amines is 1. The molecule has 0 aliphatic rings. The summed E-state index contributed by atoms with van der Waals surface area (Å²) >= 11 is 0. The maximum absolute atomic E-state index is 13.3. The van der Waals surface area contributed by atoms with E-state index in [1.165, 1.54) is 6.82 Å². The Morgan fingerprint density at radius 2 is 1.92 bits per heavy atom. The van der Waals surface area contributed by atoms with Crippen molar-refractivity contribution < 1.29 is 23.8 Å². The molecule has 13 heteroatoms. The van der Waals surface area contributed by atoms with Crippen molar-refractivity contribution in [1.82, 2.24) is 30.1 Å². The Kier molecular flexibility index (Phi) is 7.52. The number of hydrogen-bond acceptors (Lipinski definition) is 10. The molecule has 3 heterocycles. The molecule has 3 N–H and O–H groups in total. The topological polar surface area (TPSA) is 157 Å². The van der Waals surface area contributed by atoms with E-state index in [9.17, 15) is 14.6 Å². The highest BCUT2D eigenvalue weighted by atomic mass is 16.5. The Morgan fingerprint density at radius 1 is 1.15 bits per heavy atom. The number of carbonyl (C=O) groups excluding carboxylic acids is 1. The van der Waals surface area contributed by atoms with Crippen LogP contribution in [0.15, 0.2) is 76.2 Å². The number of fused-ring (bicyclic) bond motifs is 1. The number of aromatic nitrogens is 5. The van der Waals surface area contributed by atoms with Crippen molar-refractivity contribution in [2.24, 2.45) is 0 Å². The molecule has 5 rings (SSSR count). The van der Waals surface area contributed by atoms with E-state index in [0.717, 1.165) is 16.0 Å². The molecule has 3 aromatic heterocycles. The van der Waals surface area contributed by atoms with Crippen molar-refractivity contribution >= 4 is 23.9 Å². The molecule has 0 bridgehead atoms. The Labute approximate surface area is 222 Å². The number of para-hydroxylation sites is 1. The van der Waals surface area contributed by atoms with Crippen molar-refractivity contribution in [3.8, 4) is 23.0 Å². The molecule has 5 aromatic rings. The van der Waals surface area contributed by atoms with Gasteiger partial charge in [0.25, 0.3) is 11.5 Å². The zero-order chi connectivity index (χ0) is 27.4. The van der Waals surface area contributed by atoms with Crippen LogP contribution in [0.5, 0.6) is 11.5 Å². The van der Waals surface area contributed by atoms with E-state index in [1.54, 1.807) is 49.7 Å². The van der Waals surface area contributed by atoms with Crippen molar-refractivity contribution in [2.45, 2.75) is 25.9 Å². The van der Waals surface area contributed by atoms with Crippen LogP contribution in [0.1, 0.15) is 16.2 Å². The van der Waals surface area contributed by atoms with Gasteiger partial charge in [-0.2, -0.15) is 4.98 Å². The van der Waals surface area contributed by atoms with Crippen LogP contribution in [0.3, 0.4) is 0 Å². The molecule has 0 saturated carbocycles. The minimum Gasteiger partial charge on any atom is -0.497 e. The zero-order valence-electron chi connectivity index (χ0n) is 21.2. The number of methoxy groups -OCH3 is 1. The number of hydrogen-bond donors (Lipinski definition) is 3. The van der Waals surface area contributed by atoms with Gasteiger partial charge in [-0.25, -0.2) is 9.67 Å². The summed E-state index contributed by atoms with van der Waals surface area (Å²) in [4.78, 5) is 34.3. The molecule has 12 nitrogen and oxygen atoms in total. The van der Waals surface area contributed by atoms with Crippen LogP contribution >= 0.6 is 0 Å². The zero-order valence-corrected chi connectivity index (χ0v) is 21.2. The van der Waals surface area contributed by atoms with Gasteiger partial charge in [0.05, 0.1) is 36.7 Å². The van der Waals surface area contributed by atoms with Crippen LogP contribution in [0, 0.1) is 0 Å². The molecule has 0 aliphatic carbocycles. The van der Waals surface area contributed by atoms with Crippen LogP contribution in [0.2, 0.25) is 6.82 Å². The van der Waals surface area contributed by atoms with Crippen molar-refractivity contribution in [1.29, 1.82) is 0 Å². The van der Waals surface area contributed by atoms with E-state index >= 15 is 0 Å². The largest absolute Gasteiger partial charge is 0.497 e. The monoisotopic (exact) mass is 528 g/mol. The van der Waals surface area contributed by atoms with E-state index in [-0.39, 0.29) is 18.1 Å². The average molecular weight is 528 g/mol. The van der Waals surface area contributed by atoms with Crippen molar-refractivity contribution in [3.05, 3.63) is 88.7 Å². The lowest BCUT2D eigenvalue weighted by Gasteiger charge is -2.17. The molecule has 1 unspecified atom stereocenters. The minimum atomic E-state index is -1.01. The fourth-order valence-electron chi connectivity index (χ4n) is 4.02. The molecule has 198 valence electrons. The Balaban J connectivity index is 1.27. The second kappa shape index (κ2) is 11.3. The maximum Gasteiger partial charge on any atom is 0.374 e. The second-order valence-electron chi connectivity index (χ2n) is 8.76. The van der Waals surface area contributed by atoms with Crippen LogP contribution in [-0.4, -0.2) is 56.0 Å². The lowest BCUT2D eigenvalue weighted by molar-refractivity contribution is 0.0852. The number of ether oxygens (including phenoxy) is 2.